The topological polar surface area (TPSA) is 83.8 Å². The van der Waals surface area contributed by atoms with E-state index in [-0.39, 0.29) is 5.91 Å². The Morgan fingerprint density at radius 3 is 2.88 bits per heavy atom. The van der Waals surface area contributed by atoms with E-state index in [9.17, 15) is 4.79 Å². The molecule has 0 bridgehead atoms. The number of aryl methyl sites for hydroxylation is 1. The van der Waals surface area contributed by atoms with Gasteiger partial charge in [0.15, 0.2) is 0 Å². The van der Waals surface area contributed by atoms with Gasteiger partial charge in [0.2, 0.25) is 0 Å². The molecule has 88 valence electrons. The zero-order valence-corrected chi connectivity index (χ0v) is 10.7. The summed E-state index contributed by atoms with van der Waals surface area (Å²) in [5.74, 6) is -0.279. The fraction of sp³-hybridized carbons (Fsp3) is 0.0909. The van der Waals surface area contributed by atoms with Crippen molar-refractivity contribution >= 4 is 33.2 Å². The predicted octanol–water partition coefficient (Wildman–Crippen LogP) is 2.32. The lowest BCUT2D eigenvalue weighted by Gasteiger charge is -2.10. The number of benzene rings is 1. The molecule has 6 heteroatoms. The van der Waals surface area contributed by atoms with Crippen molar-refractivity contribution < 1.29 is 4.79 Å². The zero-order valence-electron chi connectivity index (χ0n) is 9.12. The summed E-state index contributed by atoms with van der Waals surface area (Å²) in [6.07, 6.45) is 1.52. The van der Waals surface area contributed by atoms with Gasteiger partial charge in [-0.3, -0.25) is 9.89 Å². The summed E-state index contributed by atoms with van der Waals surface area (Å²) in [6.45, 7) is 1.93. The van der Waals surface area contributed by atoms with Gasteiger partial charge in [-0.2, -0.15) is 5.10 Å². The van der Waals surface area contributed by atoms with Crippen LogP contribution in [0, 0.1) is 6.92 Å². The fourth-order valence-corrected chi connectivity index (χ4v) is 2.15. The molecule has 2 rings (SSSR count). The molecule has 2 aromatic rings. The highest BCUT2D eigenvalue weighted by Crippen LogP contribution is 2.30. The SMILES string of the molecule is Cc1cc(N)c(NC(=O)c2ccn[nH]2)c(Br)c1. The van der Waals surface area contributed by atoms with E-state index in [0.717, 1.165) is 10.0 Å². The van der Waals surface area contributed by atoms with Crippen molar-refractivity contribution in [3.8, 4) is 0 Å². The molecule has 0 saturated carbocycles. The van der Waals surface area contributed by atoms with E-state index in [4.69, 9.17) is 5.73 Å². The van der Waals surface area contributed by atoms with E-state index in [1.165, 1.54) is 6.20 Å². The average molecular weight is 295 g/mol. The number of nitrogen functional groups attached to an aromatic ring is 1. The maximum absolute atomic E-state index is 11.8. The molecule has 4 N–H and O–H groups in total. The van der Waals surface area contributed by atoms with Crippen LogP contribution in [0.4, 0.5) is 11.4 Å². The van der Waals surface area contributed by atoms with Crippen molar-refractivity contribution in [3.63, 3.8) is 0 Å². The van der Waals surface area contributed by atoms with Gasteiger partial charge in [-0.15, -0.1) is 0 Å². The standard InChI is InChI=1S/C11H11BrN4O/c1-6-4-7(12)10(8(13)5-6)15-11(17)9-2-3-14-16-9/h2-5H,13H2,1H3,(H,14,16)(H,15,17). The molecule has 17 heavy (non-hydrogen) atoms. The van der Waals surface area contributed by atoms with Crippen LogP contribution in [0.15, 0.2) is 28.9 Å². The maximum Gasteiger partial charge on any atom is 0.273 e. The van der Waals surface area contributed by atoms with Gasteiger partial charge in [0.1, 0.15) is 5.69 Å². The Labute approximate surface area is 107 Å². The largest absolute Gasteiger partial charge is 0.397 e. The van der Waals surface area contributed by atoms with E-state index in [1.54, 1.807) is 12.1 Å². The van der Waals surface area contributed by atoms with Gasteiger partial charge < -0.3 is 11.1 Å². The van der Waals surface area contributed by atoms with Crippen LogP contribution < -0.4 is 11.1 Å². The van der Waals surface area contributed by atoms with Gasteiger partial charge in [-0.05, 0) is 46.6 Å². The summed E-state index contributed by atoms with van der Waals surface area (Å²) in [4.78, 5) is 11.8. The summed E-state index contributed by atoms with van der Waals surface area (Å²) < 4.78 is 0.753. The molecule has 1 aromatic carbocycles. The Kier molecular flexibility index (Phi) is 3.14. The van der Waals surface area contributed by atoms with Crippen molar-refractivity contribution in [2.24, 2.45) is 0 Å². The third-order valence-corrected chi connectivity index (χ3v) is 2.87. The Hall–Kier alpha value is -1.82. The first kappa shape index (κ1) is 11.7. The van der Waals surface area contributed by atoms with E-state index < -0.39 is 0 Å². The molecule has 0 unspecified atom stereocenters. The predicted molar refractivity (Wildman–Crippen MR) is 69.8 cm³/mol. The number of carbonyl (C=O) groups is 1. The number of aromatic nitrogens is 2. The molecule has 0 saturated heterocycles. The van der Waals surface area contributed by atoms with E-state index >= 15 is 0 Å². The summed E-state index contributed by atoms with van der Waals surface area (Å²) >= 11 is 3.37. The molecular weight excluding hydrogens is 284 g/mol. The van der Waals surface area contributed by atoms with Crippen molar-refractivity contribution in [3.05, 3.63) is 40.1 Å². The molecular formula is C11H11BrN4O. The van der Waals surface area contributed by atoms with Gasteiger partial charge >= 0.3 is 0 Å². The second kappa shape index (κ2) is 4.58. The van der Waals surface area contributed by atoms with Crippen molar-refractivity contribution in [1.82, 2.24) is 10.2 Å². The number of amides is 1. The van der Waals surface area contributed by atoms with Crippen LogP contribution in [0.1, 0.15) is 16.1 Å². The first-order chi connectivity index (χ1) is 8.08. The third kappa shape index (κ3) is 2.47. The lowest BCUT2D eigenvalue weighted by atomic mass is 10.2. The number of carbonyl (C=O) groups excluding carboxylic acids is 1. The normalized spacial score (nSPS) is 10.2. The van der Waals surface area contributed by atoms with Crippen LogP contribution in [0.5, 0.6) is 0 Å². The highest BCUT2D eigenvalue weighted by atomic mass is 79.9. The monoisotopic (exact) mass is 294 g/mol. The van der Waals surface area contributed by atoms with Gasteiger partial charge in [0.05, 0.1) is 11.4 Å². The summed E-state index contributed by atoms with van der Waals surface area (Å²) in [6, 6.07) is 5.28. The molecule has 0 aliphatic rings. The van der Waals surface area contributed by atoms with E-state index in [1.807, 2.05) is 13.0 Å². The van der Waals surface area contributed by atoms with Gasteiger partial charge in [0, 0.05) is 10.7 Å². The molecule has 0 spiro atoms. The van der Waals surface area contributed by atoms with Crippen LogP contribution in [0.2, 0.25) is 0 Å². The number of hydrogen-bond donors (Lipinski definition) is 3. The van der Waals surface area contributed by atoms with Gasteiger partial charge in [-0.1, -0.05) is 0 Å². The summed E-state index contributed by atoms with van der Waals surface area (Å²) in [5, 5.41) is 9.03. The molecule has 0 fully saturated rings. The fourth-order valence-electron chi connectivity index (χ4n) is 1.46. The lowest BCUT2D eigenvalue weighted by Crippen LogP contribution is -2.14. The van der Waals surface area contributed by atoms with Crippen LogP contribution >= 0.6 is 15.9 Å². The lowest BCUT2D eigenvalue weighted by molar-refractivity contribution is 0.102. The summed E-state index contributed by atoms with van der Waals surface area (Å²) in [7, 11) is 0. The minimum Gasteiger partial charge on any atom is -0.397 e. The first-order valence-corrected chi connectivity index (χ1v) is 5.73. The highest BCUT2D eigenvalue weighted by Gasteiger charge is 2.12. The number of nitrogens with zero attached hydrogens (tertiary/aromatic N) is 1. The number of rotatable bonds is 2. The molecule has 1 heterocycles. The number of H-pyrrole nitrogens is 1. The quantitative estimate of drug-likeness (QED) is 0.743. The van der Waals surface area contributed by atoms with Crippen LogP contribution in [-0.2, 0) is 0 Å². The van der Waals surface area contributed by atoms with Crippen LogP contribution in [0.25, 0.3) is 0 Å². The number of aromatic amines is 1. The first-order valence-electron chi connectivity index (χ1n) is 4.94. The van der Waals surface area contributed by atoms with Crippen molar-refractivity contribution in [2.75, 3.05) is 11.1 Å². The Morgan fingerprint density at radius 1 is 1.53 bits per heavy atom. The number of nitrogens with two attached hydrogens (primary N) is 1. The molecule has 0 atom stereocenters. The molecule has 1 amide bonds. The van der Waals surface area contributed by atoms with Crippen LogP contribution in [0.3, 0.4) is 0 Å². The molecule has 0 radical (unpaired) electrons. The second-order valence-electron chi connectivity index (χ2n) is 3.64. The highest BCUT2D eigenvalue weighted by molar-refractivity contribution is 9.10. The number of halogens is 1. The van der Waals surface area contributed by atoms with Gasteiger partial charge in [0.25, 0.3) is 5.91 Å². The van der Waals surface area contributed by atoms with Crippen molar-refractivity contribution in [2.45, 2.75) is 6.92 Å². The molecule has 0 aliphatic heterocycles. The zero-order chi connectivity index (χ0) is 12.4. The van der Waals surface area contributed by atoms with Crippen LogP contribution in [-0.4, -0.2) is 16.1 Å². The van der Waals surface area contributed by atoms with E-state index in [0.29, 0.717) is 17.1 Å². The number of hydrogen-bond acceptors (Lipinski definition) is 3. The average Bonchev–Trinajstić information content (AvgIpc) is 2.76. The second-order valence-corrected chi connectivity index (χ2v) is 4.49. The smallest absolute Gasteiger partial charge is 0.273 e. The Morgan fingerprint density at radius 2 is 2.29 bits per heavy atom. The summed E-state index contributed by atoms with van der Waals surface area (Å²) in [5.41, 5.74) is 8.34. The van der Waals surface area contributed by atoms with E-state index in [2.05, 4.69) is 31.4 Å². The van der Waals surface area contributed by atoms with Gasteiger partial charge in [-0.25, -0.2) is 0 Å². The Bertz CT molecular complexity index is 528. The number of anilines is 2. The number of nitrogens with one attached hydrogen (secondary N) is 2. The molecule has 1 aromatic heterocycles. The third-order valence-electron chi connectivity index (χ3n) is 2.25. The minimum absolute atomic E-state index is 0.279. The Balaban J connectivity index is 2.28. The molecule has 0 aliphatic carbocycles. The minimum atomic E-state index is -0.279. The van der Waals surface area contributed by atoms with Crippen molar-refractivity contribution in [1.29, 1.82) is 0 Å². The molecule has 5 nitrogen and oxygen atoms in total. The maximum atomic E-state index is 11.8.